The fourth-order valence-electron chi connectivity index (χ4n) is 1.81. The third-order valence-electron chi connectivity index (χ3n) is 2.96. The SMILES string of the molecule is COc1ccc(C(N)Cn2nc(OC)ccc2=O)cc1. The molecule has 0 bridgehead atoms. The highest BCUT2D eigenvalue weighted by molar-refractivity contribution is 5.28. The number of rotatable bonds is 5. The van der Waals surface area contributed by atoms with Crippen LogP contribution in [-0.2, 0) is 6.54 Å². The molecule has 1 aromatic carbocycles. The summed E-state index contributed by atoms with van der Waals surface area (Å²) in [5, 5.41) is 4.07. The van der Waals surface area contributed by atoms with Gasteiger partial charge in [0, 0.05) is 18.2 Å². The molecular formula is C14H17N3O3. The second-order valence-electron chi connectivity index (χ2n) is 4.28. The maximum absolute atomic E-state index is 11.7. The Morgan fingerprint density at radius 1 is 1.15 bits per heavy atom. The highest BCUT2D eigenvalue weighted by Crippen LogP contribution is 2.17. The van der Waals surface area contributed by atoms with Crippen molar-refractivity contribution in [1.82, 2.24) is 9.78 Å². The van der Waals surface area contributed by atoms with Crippen molar-refractivity contribution in [2.24, 2.45) is 5.73 Å². The number of hydrogen-bond acceptors (Lipinski definition) is 5. The van der Waals surface area contributed by atoms with Crippen LogP contribution in [0.2, 0.25) is 0 Å². The molecule has 106 valence electrons. The van der Waals surface area contributed by atoms with Gasteiger partial charge in [-0.15, -0.1) is 5.10 Å². The van der Waals surface area contributed by atoms with E-state index < -0.39 is 0 Å². The van der Waals surface area contributed by atoms with E-state index in [2.05, 4.69) is 5.10 Å². The summed E-state index contributed by atoms with van der Waals surface area (Å²) in [7, 11) is 3.11. The molecule has 0 spiro atoms. The van der Waals surface area contributed by atoms with Crippen LogP contribution in [0, 0.1) is 0 Å². The van der Waals surface area contributed by atoms with E-state index >= 15 is 0 Å². The molecule has 1 aromatic heterocycles. The third kappa shape index (κ3) is 3.16. The first-order chi connectivity index (χ1) is 9.63. The molecule has 2 aromatic rings. The molecule has 2 rings (SSSR count). The van der Waals surface area contributed by atoms with Crippen LogP contribution in [0.1, 0.15) is 11.6 Å². The molecule has 1 heterocycles. The van der Waals surface area contributed by atoms with Crippen LogP contribution in [-0.4, -0.2) is 24.0 Å². The number of hydrogen-bond donors (Lipinski definition) is 1. The van der Waals surface area contributed by atoms with Crippen molar-refractivity contribution < 1.29 is 9.47 Å². The number of methoxy groups -OCH3 is 2. The van der Waals surface area contributed by atoms with Crippen LogP contribution in [0.3, 0.4) is 0 Å². The van der Waals surface area contributed by atoms with Crippen LogP contribution < -0.4 is 20.8 Å². The van der Waals surface area contributed by atoms with Gasteiger partial charge in [-0.05, 0) is 17.7 Å². The normalized spacial score (nSPS) is 11.9. The Hall–Kier alpha value is -2.34. The number of benzene rings is 1. The second kappa shape index (κ2) is 6.21. The molecule has 6 nitrogen and oxygen atoms in total. The van der Waals surface area contributed by atoms with Crippen molar-refractivity contribution in [2.45, 2.75) is 12.6 Å². The average molecular weight is 275 g/mol. The van der Waals surface area contributed by atoms with Gasteiger partial charge in [0.05, 0.1) is 20.8 Å². The smallest absolute Gasteiger partial charge is 0.267 e. The maximum Gasteiger partial charge on any atom is 0.267 e. The summed E-state index contributed by atoms with van der Waals surface area (Å²) in [6.45, 7) is 0.280. The predicted octanol–water partition coefficient (Wildman–Crippen LogP) is 0.960. The number of nitrogens with zero attached hydrogens (tertiary/aromatic N) is 2. The van der Waals surface area contributed by atoms with Crippen LogP contribution in [0.25, 0.3) is 0 Å². The summed E-state index contributed by atoms with van der Waals surface area (Å²) in [6, 6.07) is 10.0. The minimum Gasteiger partial charge on any atom is -0.497 e. The van der Waals surface area contributed by atoms with Crippen molar-refractivity contribution >= 4 is 0 Å². The van der Waals surface area contributed by atoms with Crippen molar-refractivity contribution in [3.63, 3.8) is 0 Å². The fraction of sp³-hybridized carbons (Fsp3) is 0.286. The summed E-state index contributed by atoms with van der Waals surface area (Å²) in [4.78, 5) is 11.7. The molecule has 1 atom stereocenters. The van der Waals surface area contributed by atoms with E-state index in [1.165, 1.54) is 23.9 Å². The Kier molecular flexibility index (Phi) is 4.37. The lowest BCUT2D eigenvalue weighted by Crippen LogP contribution is -2.28. The van der Waals surface area contributed by atoms with Crippen LogP contribution in [0.15, 0.2) is 41.2 Å². The number of aromatic nitrogens is 2. The highest BCUT2D eigenvalue weighted by atomic mass is 16.5. The van der Waals surface area contributed by atoms with Gasteiger partial charge in [0.1, 0.15) is 5.75 Å². The molecule has 0 aliphatic carbocycles. The summed E-state index contributed by atoms with van der Waals surface area (Å²) < 4.78 is 11.4. The zero-order valence-electron chi connectivity index (χ0n) is 11.4. The molecule has 20 heavy (non-hydrogen) atoms. The van der Waals surface area contributed by atoms with Crippen molar-refractivity contribution in [2.75, 3.05) is 14.2 Å². The molecule has 0 saturated carbocycles. The molecule has 1 unspecified atom stereocenters. The summed E-state index contributed by atoms with van der Waals surface area (Å²) in [5.41, 5.74) is 6.79. The van der Waals surface area contributed by atoms with Crippen LogP contribution in [0.5, 0.6) is 11.6 Å². The summed E-state index contributed by atoms with van der Waals surface area (Å²) >= 11 is 0. The van der Waals surface area contributed by atoms with Crippen molar-refractivity contribution in [3.8, 4) is 11.6 Å². The first-order valence-electron chi connectivity index (χ1n) is 6.15. The molecule has 2 N–H and O–H groups in total. The Morgan fingerprint density at radius 2 is 1.85 bits per heavy atom. The van der Waals surface area contributed by atoms with E-state index in [0.29, 0.717) is 5.88 Å². The van der Waals surface area contributed by atoms with Gasteiger partial charge in [-0.25, -0.2) is 4.68 Å². The van der Waals surface area contributed by atoms with E-state index in [9.17, 15) is 4.79 Å². The van der Waals surface area contributed by atoms with Crippen LogP contribution in [0.4, 0.5) is 0 Å². The standard InChI is InChI=1S/C14H17N3O3/c1-19-11-5-3-10(4-6-11)12(15)9-17-14(18)8-7-13(16-17)20-2/h3-8,12H,9,15H2,1-2H3. The molecule has 0 saturated heterocycles. The maximum atomic E-state index is 11.7. The molecule has 0 fully saturated rings. The Labute approximate surface area is 116 Å². The van der Waals surface area contributed by atoms with E-state index in [1.54, 1.807) is 7.11 Å². The monoisotopic (exact) mass is 275 g/mol. The number of nitrogens with two attached hydrogens (primary N) is 1. The van der Waals surface area contributed by atoms with E-state index in [0.717, 1.165) is 11.3 Å². The van der Waals surface area contributed by atoms with E-state index in [4.69, 9.17) is 15.2 Å². The second-order valence-corrected chi connectivity index (χ2v) is 4.28. The van der Waals surface area contributed by atoms with Gasteiger partial charge in [0.2, 0.25) is 5.88 Å². The van der Waals surface area contributed by atoms with Gasteiger partial charge < -0.3 is 15.2 Å². The lowest BCUT2D eigenvalue weighted by atomic mass is 10.1. The van der Waals surface area contributed by atoms with Gasteiger partial charge in [-0.2, -0.15) is 0 Å². The van der Waals surface area contributed by atoms with Gasteiger partial charge in [0.25, 0.3) is 5.56 Å². The lowest BCUT2D eigenvalue weighted by Gasteiger charge is -2.14. The van der Waals surface area contributed by atoms with Gasteiger partial charge in [-0.1, -0.05) is 12.1 Å². The van der Waals surface area contributed by atoms with E-state index in [1.807, 2.05) is 24.3 Å². The molecule has 0 radical (unpaired) electrons. The topological polar surface area (TPSA) is 79.4 Å². The van der Waals surface area contributed by atoms with Gasteiger partial charge in [0.15, 0.2) is 0 Å². The average Bonchev–Trinajstić information content (AvgIpc) is 2.49. The summed E-state index contributed by atoms with van der Waals surface area (Å²) in [6.07, 6.45) is 0. The van der Waals surface area contributed by atoms with Crippen molar-refractivity contribution in [3.05, 3.63) is 52.3 Å². The molecule has 0 aliphatic rings. The van der Waals surface area contributed by atoms with E-state index in [-0.39, 0.29) is 18.1 Å². The molecular weight excluding hydrogens is 258 g/mol. The minimum absolute atomic E-state index is 0.213. The lowest BCUT2D eigenvalue weighted by molar-refractivity contribution is 0.370. The van der Waals surface area contributed by atoms with Gasteiger partial charge >= 0.3 is 0 Å². The summed E-state index contributed by atoms with van der Waals surface area (Å²) in [5.74, 6) is 1.14. The number of ether oxygens (including phenoxy) is 2. The highest BCUT2D eigenvalue weighted by Gasteiger charge is 2.10. The zero-order valence-corrected chi connectivity index (χ0v) is 11.4. The fourth-order valence-corrected chi connectivity index (χ4v) is 1.81. The Balaban J connectivity index is 2.18. The predicted molar refractivity (Wildman–Crippen MR) is 75.0 cm³/mol. The Bertz CT molecular complexity index is 622. The van der Waals surface area contributed by atoms with Crippen molar-refractivity contribution in [1.29, 1.82) is 0 Å². The minimum atomic E-state index is -0.335. The zero-order chi connectivity index (χ0) is 14.5. The quantitative estimate of drug-likeness (QED) is 0.879. The van der Waals surface area contributed by atoms with Gasteiger partial charge in [-0.3, -0.25) is 4.79 Å². The third-order valence-corrected chi connectivity index (χ3v) is 2.96. The molecule has 0 amide bonds. The van der Waals surface area contributed by atoms with Crippen LogP contribution >= 0.6 is 0 Å². The Morgan fingerprint density at radius 3 is 2.45 bits per heavy atom. The molecule has 6 heteroatoms. The largest absolute Gasteiger partial charge is 0.497 e. The first-order valence-corrected chi connectivity index (χ1v) is 6.15. The first kappa shape index (κ1) is 14.1. The molecule has 0 aliphatic heterocycles.